The summed E-state index contributed by atoms with van der Waals surface area (Å²) in [5.41, 5.74) is 7.03. The summed E-state index contributed by atoms with van der Waals surface area (Å²) < 4.78 is 77.2. The Morgan fingerprint density at radius 2 is 1.62 bits per heavy atom. The number of nitrogens with zero attached hydrogens (tertiary/aromatic N) is 2. The van der Waals surface area contributed by atoms with Crippen LogP contribution in [0, 0.1) is 10.1 Å². The Hall–Kier alpha value is -2.83. The van der Waals surface area contributed by atoms with Crippen LogP contribution in [0.3, 0.4) is 0 Å². The lowest BCUT2D eigenvalue weighted by Gasteiger charge is -2.29. The molecule has 1 unspecified atom stereocenters. The van der Waals surface area contributed by atoms with Crippen molar-refractivity contribution in [3.05, 3.63) is 56.9 Å². The Labute approximate surface area is 141 Å². The summed E-state index contributed by atoms with van der Waals surface area (Å²) in [5.74, 6) is -2.56. The van der Waals surface area contributed by atoms with Gasteiger partial charge in [-0.1, -0.05) is 0 Å². The Bertz CT molecular complexity index is 769. The number of aliphatic imine (C=N–C) groups is 1. The SMILES string of the molecule is NC1=NC(N)(Cc2cc(C(F)(F)F)cc(C(F)(F)F)c2)NC=C1[N+](=O)[O-]. The third kappa shape index (κ3) is 4.22. The van der Waals surface area contributed by atoms with Crippen LogP contribution in [0.25, 0.3) is 0 Å². The van der Waals surface area contributed by atoms with E-state index in [1.54, 1.807) is 0 Å². The smallest absolute Gasteiger partial charge is 0.378 e. The highest BCUT2D eigenvalue weighted by Crippen LogP contribution is 2.36. The fraction of sp³-hybridized carbons (Fsp3) is 0.308. The van der Waals surface area contributed by atoms with E-state index in [2.05, 4.69) is 10.3 Å². The Morgan fingerprint density at radius 1 is 1.12 bits per heavy atom. The Kier molecular flexibility index (Phi) is 4.62. The largest absolute Gasteiger partial charge is 0.416 e. The van der Waals surface area contributed by atoms with Crippen molar-refractivity contribution in [1.82, 2.24) is 5.32 Å². The number of hydrogen-bond acceptors (Lipinski definition) is 6. The maximum absolute atomic E-state index is 12.9. The minimum atomic E-state index is -5.02. The van der Waals surface area contributed by atoms with Crippen LogP contribution in [0.4, 0.5) is 26.3 Å². The van der Waals surface area contributed by atoms with Gasteiger partial charge in [0.1, 0.15) is 0 Å². The van der Waals surface area contributed by atoms with Crippen molar-refractivity contribution in [3.8, 4) is 0 Å². The summed E-state index contributed by atoms with van der Waals surface area (Å²) in [6, 6.07) is 0.956. The van der Waals surface area contributed by atoms with E-state index in [0.717, 1.165) is 6.20 Å². The van der Waals surface area contributed by atoms with Gasteiger partial charge < -0.3 is 11.1 Å². The van der Waals surface area contributed by atoms with E-state index in [1.165, 1.54) is 0 Å². The van der Waals surface area contributed by atoms with Gasteiger partial charge in [0.2, 0.25) is 5.84 Å². The second kappa shape index (κ2) is 6.16. The number of nitrogens with two attached hydrogens (primary N) is 2. The number of hydrogen-bond donors (Lipinski definition) is 3. The zero-order valence-corrected chi connectivity index (χ0v) is 12.6. The van der Waals surface area contributed by atoms with Crippen molar-refractivity contribution in [2.75, 3.05) is 0 Å². The van der Waals surface area contributed by atoms with Crippen molar-refractivity contribution in [1.29, 1.82) is 0 Å². The molecule has 0 spiro atoms. The molecule has 26 heavy (non-hydrogen) atoms. The fourth-order valence-electron chi connectivity index (χ4n) is 2.24. The van der Waals surface area contributed by atoms with Gasteiger partial charge in [-0.05, 0) is 23.8 Å². The molecule has 1 aromatic carbocycles. The van der Waals surface area contributed by atoms with E-state index < -0.39 is 57.7 Å². The van der Waals surface area contributed by atoms with Crippen LogP contribution in [-0.4, -0.2) is 16.5 Å². The van der Waals surface area contributed by atoms with Crippen molar-refractivity contribution in [2.24, 2.45) is 16.5 Å². The molecule has 7 nitrogen and oxygen atoms in total. The third-order valence-corrected chi connectivity index (χ3v) is 3.36. The van der Waals surface area contributed by atoms with E-state index in [4.69, 9.17) is 11.5 Å². The van der Waals surface area contributed by atoms with Gasteiger partial charge in [-0.3, -0.25) is 15.8 Å². The molecule has 0 amide bonds. The van der Waals surface area contributed by atoms with Crippen LogP contribution >= 0.6 is 0 Å². The average molecular weight is 383 g/mol. The summed E-state index contributed by atoms with van der Waals surface area (Å²) in [5, 5.41) is 13.0. The zero-order valence-electron chi connectivity index (χ0n) is 12.6. The first kappa shape index (κ1) is 19.5. The Balaban J connectivity index is 2.42. The predicted molar refractivity (Wildman–Crippen MR) is 76.9 cm³/mol. The highest BCUT2D eigenvalue weighted by molar-refractivity contribution is 5.95. The normalized spacial score (nSPS) is 20.9. The molecule has 5 N–H and O–H groups in total. The van der Waals surface area contributed by atoms with E-state index in [1.807, 2.05) is 0 Å². The number of benzene rings is 1. The topological polar surface area (TPSA) is 120 Å². The fourth-order valence-corrected chi connectivity index (χ4v) is 2.24. The van der Waals surface area contributed by atoms with Crippen LogP contribution in [0.5, 0.6) is 0 Å². The maximum Gasteiger partial charge on any atom is 0.416 e. The van der Waals surface area contributed by atoms with Gasteiger partial charge in [0.05, 0.1) is 22.3 Å². The molecule has 0 bridgehead atoms. The molecule has 0 radical (unpaired) electrons. The van der Waals surface area contributed by atoms with Crippen LogP contribution in [0.1, 0.15) is 16.7 Å². The highest BCUT2D eigenvalue weighted by atomic mass is 19.4. The summed E-state index contributed by atoms with van der Waals surface area (Å²) in [7, 11) is 0. The molecule has 13 heteroatoms. The number of alkyl halides is 6. The van der Waals surface area contributed by atoms with E-state index >= 15 is 0 Å². The molecule has 1 aromatic rings. The van der Waals surface area contributed by atoms with Gasteiger partial charge >= 0.3 is 18.0 Å². The summed E-state index contributed by atoms with van der Waals surface area (Å²) >= 11 is 0. The van der Waals surface area contributed by atoms with Crippen LogP contribution in [0.15, 0.2) is 35.1 Å². The average Bonchev–Trinajstić information content (AvgIpc) is 2.44. The number of nitrogens with one attached hydrogen (secondary N) is 1. The van der Waals surface area contributed by atoms with Gasteiger partial charge in [0.25, 0.3) is 0 Å². The first-order chi connectivity index (χ1) is 11.7. The summed E-state index contributed by atoms with van der Waals surface area (Å²) in [4.78, 5) is 13.4. The van der Waals surface area contributed by atoms with Crippen LogP contribution in [0.2, 0.25) is 0 Å². The number of nitro groups is 1. The molecule has 1 atom stereocenters. The van der Waals surface area contributed by atoms with Crippen molar-refractivity contribution in [3.63, 3.8) is 0 Å². The molecule has 0 saturated carbocycles. The summed E-state index contributed by atoms with van der Waals surface area (Å²) in [6.07, 6.45) is -9.89. The van der Waals surface area contributed by atoms with Crippen LogP contribution < -0.4 is 16.8 Å². The zero-order chi connectivity index (χ0) is 19.9. The van der Waals surface area contributed by atoms with Gasteiger partial charge in [-0.2, -0.15) is 26.3 Å². The molecule has 0 aromatic heterocycles. The van der Waals surface area contributed by atoms with E-state index in [0.29, 0.717) is 12.1 Å². The molecule has 0 fully saturated rings. The third-order valence-electron chi connectivity index (χ3n) is 3.36. The highest BCUT2D eigenvalue weighted by Gasteiger charge is 2.38. The summed E-state index contributed by atoms with van der Waals surface area (Å²) in [6.45, 7) is 0. The van der Waals surface area contributed by atoms with Crippen molar-refractivity contribution < 1.29 is 31.3 Å². The second-order valence-corrected chi connectivity index (χ2v) is 5.44. The molecule has 142 valence electrons. The monoisotopic (exact) mass is 383 g/mol. The van der Waals surface area contributed by atoms with Gasteiger partial charge in [-0.25, -0.2) is 4.99 Å². The van der Waals surface area contributed by atoms with Gasteiger partial charge in [-0.15, -0.1) is 0 Å². The standard InChI is InChI=1S/C13H11F6N5O2/c14-12(15,16)7-1-6(2-8(3-7)13(17,18)19)4-11(21)22-5-9(24(25)26)10(20)23-11/h1-3,5,22H,4,21H2,(H2,20,23). The molecular formula is C13H11F6N5O2. The van der Waals surface area contributed by atoms with Crippen LogP contribution in [-0.2, 0) is 18.8 Å². The van der Waals surface area contributed by atoms with E-state index in [-0.39, 0.29) is 6.07 Å². The van der Waals surface area contributed by atoms with E-state index in [9.17, 15) is 36.5 Å². The first-order valence-corrected chi connectivity index (χ1v) is 6.76. The molecule has 2 rings (SSSR count). The molecule has 0 saturated heterocycles. The quantitative estimate of drug-likeness (QED) is 0.419. The maximum atomic E-state index is 12.9. The van der Waals surface area contributed by atoms with Gasteiger partial charge in [0.15, 0.2) is 5.79 Å². The first-order valence-electron chi connectivity index (χ1n) is 6.76. The molecular weight excluding hydrogens is 372 g/mol. The number of halogens is 6. The lowest BCUT2D eigenvalue weighted by Crippen LogP contribution is -2.55. The molecule has 1 aliphatic rings. The lowest BCUT2D eigenvalue weighted by atomic mass is 9.99. The second-order valence-electron chi connectivity index (χ2n) is 5.44. The van der Waals surface area contributed by atoms with Crippen molar-refractivity contribution >= 4 is 5.84 Å². The van der Waals surface area contributed by atoms with Gasteiger partial charge in [0, 0.05) is 6.42 Å². The molecule has 0 aliphatic carbocycles. The minimum Gasteiger partial charge on any atom is -0.378 e. The molecule has 1 heterocycles. The molecule has 1 aliphatic heterocycles. The number of rotatable bonds is 3. The predicted octanol–water partition coefficient (Wildman–Crippen LogP) is 1.96. The van der Waals surface area contributed by atoms with Crippen molar-refractivity contribution in [2.45, 2.75) is 24.6 Å². The minimum absolute atomic E-state index is 0.0244. The number of amidine groups is 1. The lowest BCUT2D eigenvalue weighted by molar-refractivity contribution is -0.416. The Morgan fingerprint density at radius 3 is 2.00 bits per heavy atom.